The van der Waals surface area contributed by atoms with Crippen LogP contribution in [-0.2, 0) is 35.8 Å². The zero-order valence-electron chi connectivity index (χ0n) is 17.2. The lowest BCUT2D eigenvalue weighted by molar-refractivity contribution is 0.532. The van der Waals surface area contributed by atoms with Gasteiger partial charge in [-0.1, -0.05) is 19.9 Å². The monoisotopic (exact) mass is 411 g/mol. The number of sulfonamides is 1. The van der Waals surface area contributed by atoms with E-state index in [4.69, 9.17) is 0 Å². The Bertz CT molecular complexity index is 1120. The Kier molecular flexibility index (Phi) is 5.74. The molecule has 29 heavy (non-hydrogen) atoms. The number of hydrogen-bond donors (Lipinski definition) is 1. The smallest absolute Gasteiger partial charge is 0.240 e. The van der Waals surface area contributed by atoms with E-state index in [2.05, 4.69) is 40.4 Å². The topological polar surface area (TPSA) is 64.0 Å². The van der Waals surface area contributed by atoms with E-state index in [1.54, 1.807) is 6.07 Å². The number of hydrogen-bond acceptors (Lipinski definition) is 3. The van der Waals surface area contributed by atoms with Crippen LogP contribution in [0.5, 0.6) is 0 Å². The first-order valence-electron chi connectivity index (χ1n) is 10.5. The lowest BCUT2D eigenvalue weighted by Crippen LogP contribution is -2.26. The van der Waals surface area contributed by atoms with Crippen LogP contribution in [0.15, 0.2) is 47.6 Å². The van der Waals surface area contributed by atoms with Gasteiger partial charge in [0.15, 0.2) is 0 Å². The number of aryl methyl sites for hydroxylation is 2. The van der Waals surface area contributed by atoms with Gasteiger partial charge < -0.3 is 4.57 Å². The molecule has 1 aromatic carbocycles. The highest BCUT2D eigenvalue weighted by Crippen LogP contribution is 2.24. The van der Waals surface area contributed by atoms with Gasteiger partial charge in [-0.15, -0.1) is 0 Å². The zero-order chi connectivity index (χ0) is 20.4. The molecule has 0 saturated carbocycles. The van der Waals surface area contributed by atoms with Crippen molar-refractivity contribution in [1.29, 1.82) is 0 Å². The second-order valence-electron chi connectivity index (χ2n) is 8.36. The van der Waals surface area contributed by atoms with Gasteiger partial charge in [0, 0.05) is 30.9 Å². The van der Waals surface area contributed by atoms with Crippen molar-refractivity contribution in [3.63, 3.8) is 0 Å². The van der Waals surface area contributed by atoms with E-state index in [0.717, 1.165) is 42.4 Å². The highest BCUT2D eigenvalue weighted by Gasteiger charge is 2.18. The third kappa shape index (κ3) is 4.38. The summed E-state index contributed by atoms with van der Waals surface area (Å²) in [6, 6.07) is 9.57. The van der Waals surface area contributed by atoms with Crippen molar-refractivity contribution in [3.8, 4) is 0 Å². The Morgan fingerprint density at radius 1 is 1.14 bits per heavy atom. The second kappa shape index (κ2) is 8.28. The molecule has 4 rings (SSSR count). The summed E-state index contributed by atoms with van der Waals surface area (Å²) in [5.41, 5.74) is 4.57. The summed E-state index contributed by atoms with van der Waals surface area (Å²) in [6.45, 7) is 5.63. The molecule has 0 bridgehead atoms. The maximum atomic E-state index is 12.8. The molecule has 0 atom stereocenters. The number of pyridine rings is 1. The maximum absolute atomic E-state index is 12.8. The lowest BCUT2D eigenvalue weighted by atomic mass is 9.92. The van der Waals surface area contributed by atoms with Crippen molar-refractivity contribution in [2.45, 2.75) is 57.4 Å². The predicted octanol–water partition coefficient (Wildman–Crippen LogP) is 4.09. The minimum Gasteiger partial charge on any atom is -0.332 e. The second-order valence-corrected chi connectivity index (χ2v) is 10.1. The van der Waals surface area contributed by atoms with Gasteiger partial charge in [-0.2, -0.15) is 0 Å². The van der Waals surface area contributed by atoms with Crippen LogP contribution in [0.1, 0.15) is 43.4 Å². The molecule has 0 spiro atoms. The molecule has 0 saturated heterocycles. The standard InChI is InChI=1S/C23H29N3O2S/c1-17(2)15-26-16-20(22-8-5-12-24-23(22)26)11-13-25-29(27,28)21-10-9-18-6-3-4-7-19(18)14-21/h5,8-10,12,14,16-17,25H,3-4,6-7,11,13,15H2,1-2H3. The first-order valence-corrected chi connectivity index (χ1v) is 12.0. The molecule has 5 nitrogen and oxygen atoms in total. The van der Waals surface area contributed by atoms with Crippen LogP contribution in [0.2, 0.25) is 0 Å². The summed E-state index contributed by atoms with van der Waals surface area (Å²) in [4.78, 5) is 4.90. The van der Waals surface area contributed by atoms with E-state index >= 15 is 0 Å². The largest absolute Gasteiger partial charge is 0.332 e. The van der Waals surface area contributed by atoms with E-state index < -0.39 is 10.0 Å². The third-order valence-electron chi connectivity index (χ3n) is 5.59. The first kappa shape index (κ1) is 20.1. The highest BCUT2D eigenvalue weighted by molar-refractivity contribution is 7.89. The molecule has 1 aliphatic carbocycles. The Morgan fingerprint density at radius 2 is 1.93 bits per heavy atom. The molecular weight excluding hydrogens is 382 g/mol. The Morgan fingerprint density at radius 3 is 2.72 bits per heavy atom. The van der Waals surface area contributed by atoms with Crippen molar-refractivity contribution < 1.29 is 8.42 Å². The van der Waals surface area contributed by atoms with Crippen molar-refractivity contribution in [1.82, 2.24) is 14.3 Å². The number of nitrogens with zero attached hydrogens (tertiary/aromatic N) is 2. The fourth-order valence-electron chi connectivity index (χ4n) is 4.21. The van der Waals surface area contributed by atoms with Gasteiger partial charge in [-0.25, -0.2) is 18.1 Å². The molecule has 0 aliphatic heterocycles. The molecule has 154 valence electrons. The molecule has 1 N–H and O–H groups in total. The first-order chi connectivity index (χ1) is 13.9. The van der Waals surface area contributed by atoms with Crippen LogP contribution in [0.25, 0.3) is 11.0 Å². The van der Waals surface area contributed by atoms with Crippen LogP contribution in [0.3, 0.4) is 0 Å². The molecule has 0 radical (unpaired) electrons. The molecule has 0 fully saturated rings. The van der Waals surface area contributed by atoms with Crippen molar-refractivity contribution in [3.05, 3.63) is 59.4 Å². The molecule has 3 aromatic rings. The summed E-state index contributed by atoms with van der Waals surface area (Å²) in [5.74, 6) is 0.517. The summed E-state index contributed by atoms with van der Waals surface area (Å²) >= 11 is 0. The van der Waals surface area contributed by atoms with Gasteiger partial charge in [0.25, 0.3) is 0 Å². The van der Waals surface area contributed by atoms with Gasteiger partial charge in [-0.05, 0) is 79.0 Å². The van der Waals surface area contributed by atoms with Crippen LogP contribution in [0.4, 0.5) is 0 Å². The van der Waals surface area contributed by atoms with Gasteiger partial charge in [-0.3, -0.25) is 0 Å². The Hall–Kier alpha value is -2.18. The molecule has 1 aliphatic rings. The summed E-state index contributed by atoms with van der Waals surface area (Å²) in [6.07, 6.45) is 8.91. The van der Waals surface area contributed by atoms with Crippen LogP contribution in [-0.4, -0.2) is 24.5 Å². The van der Waals surface area contributed by atoms with E-state index in [0.29, 0.717) is 23.8 Å². The van der Waals surface area contributed by atoms with Crippen molar-refractivity contribution >= 4 is 21.1 Å². The summed E-state index contributed by atoms with van der Waals surface area (Å²) in [5, 5.41) is 1.10. The molecule has 2 aromatic heterocycles. The van der Waals surface area contributed by atoms with Gasteiger partial charge in [0.05, 0.1) is 4.90 Å². The van der Waals surface area contributed by atoms with Crippen LogP contribution in [0, 0.1) is 5.92 Å². The Balaban J connectivity index is 1.48. The van der Waals surface area contributed by atoms with Crippen molar-refractivity contribution in [2.75, 3.05) is 6.54 Å². The van der Waals surface area contributed by atoms with Gasteiger partial charge in [0.2, 0.25) is 10.0 Å². The van der Waals surface area contributed by atoms with Crippen molar-refractivity contribution in [2.24, 2.45) is 5.92 Å². The summed E-state index contributed by atoms with van der Waals surface area (Å²) in [7, 11) is -3.50. The molecule has 0 unspecified atom stereocenters. The quantitative estimate of drug-likeness (QED) is 0.637. The van der Waals surface area contributed by atoms with Crippen LogP contribution >= 0.6 is 0 Å². The molecule has 6 heteroatoms. The minimum absolute atomic E-state index is 0.370. The number of fused-ring (bicyclic) bond motifs is 2. The maximum Gasteiger partial charge on any atom is 0.240 e. The average molecular weight is 412 g/mol. The zero-order valence-corrected chi connectivity index (χ0v) is 18.0. The Labute approximate surface area is 173 Å². The number of rotatable bonds is 7. The number of nitrogens with one attached hydrogen (secondary N) is 1. The fraction of sp³-hybridized carbons (Fsp3) is 0.435. The number of benzene rings is 1. The van der Waals surface area contributed by atoms with E-state index in [1.807, 2.05) is 24.4 Å². The molecule has 0 amide bonds. The average Bonchev–Trinajstić information content (AvgIpc) is 3.04. The molecular formula is C23H29N3O2S. The predicted molar refractivity (Wildman–Crippen MR) is 117 cm³/mol. The van der Waals surface area contributed by atoms with Gasteiger partial charge in [0.1, 0.15) is 5.65 Å². The number of aromatic nitrogens is 2. The van der Waals surface area contributed by atoms with Gasteiger partial charge >= 0.3 is 0 Å². The minimum atomic E-state index is -3.50. The molecule has 2 heterocycles. The third-order valence-corrected chi connectivity index (χ3v) is 7.05. The van der Waals surface area contributed by atoms with E-state index in [-0.39, 0.29) is 0 Å². The lowest BCUT2D eigenvalue weighted by Gasteiger charge is -2.16. The SMILES string of the molecule is CC(C)Cn1cc(CCNS(=O)(=O)c2ccc3c(c2)CCCC3)c2cccnc21. The van der Waals surface area contributed by atoms with E-state index in [9.17, 15) is 8.42 Å². The van der Waals surface area contributed by atoms with Crippen LogP contribution < -0.4 is 4.72 Å². The fourth-order valence-corrected chi connectivity index (χ4v) is 5.29. The highest BCUT2D eigenvalue weighted by atomic mass is 32.2. The van der Waals surface area contributed by atoms with E-state index in [1.165, 1.54) is 17.5 Å². The normalized spacial score (nSPS) is 14.4. The summed E-state index contributed by atoms with van der Waals surface area (Å²) < 4.78 is 30.5.